The van der Waals surface area contributed by atoms with Gasteiger partial charge >= 0.3 is 6.03 Å². The summed E-state index contributed by atoms with van der Waals surface area (Å²) < 4.78 is 5.18. The van der Waals surface area contributed by atoms with E-state index in [1.165, 1.54) is 0 Å². The molecule has 1 aromatic carbocycles. The van der Waals surface area contributed by atoms with Crippen molar-refractivity contribution in [3.63, 3.8) is 0 Å². The van der Waals surface area contributed by atoms with Crippen molar-refractivity contribution in [1.29, 1.82) is 0 Å². The Bertz CT molecular complexity index is 448. The molecule has 2 amide bonds. The van der Waals surface area contributed by atoms with Gasteiger partial charge in [-0.25, -0.2) is 4.79 Å². The molecule has 5 nitrogen and oxygen atoms in total. The zero-order chi connectivity index (χ0) is 15.2. The van der Waals surface area contributed by atoms with Crippen LogP contribution in [0.5, 0.6) is 5.75 Å². The van der Waals surface area contributed by atoms with Crippen molar-refractivity contribution in [3.05, 3.63) is 23.8 Å². The zero-order valence-electron chi connectivity index (χ0n) is 12.6. The van der Waals surface area contributed by atoms with Crippen LogP contribution in [0.1, 0.15) is 32.3 Å². The van der Waals surface area contributed by atoms with Gasteiger partial charge in [0.1, 0.15) is 5.75 Å². The molecule has 0 heterocycles. The van der Waals surface area contributed by atoms with Gasteiger partial charge in [-0.2, -0.15) is 0 Å². The number of benzene rings is 1. The first kappa shape index (κ1) is 16.3. The van der Waals surface area contributed by atoms with Crippen molar-refractivity contribution in [2.24, 2.45) is 0 Å². The fraction of sp³-hybridized carbons (Fsp3) is 0.533. The average molecular weight is 280 g/mol. The molecular weight excluding hydrogens is 256 g/mol. The summed E-state index contributed by atoms with van der Waals surface area (Å²) in [5, 5.41) is 15.1. The van der Waals surface area contributed by atoms with Gasteiger partial charge in [-0.1, -0.05) is 13.8 Å². The minimum absolute atomic E-state index is 0.0743. The van der Waals surface area contributed by atoms with E-state index in [1.54, 1.807) is 13.2 Å². The lowest BCUT2D eigenvalue weighted by molar-refractivity contribution is 0.155. The Morgan fingerprint density at radius 2 is 2.00 bits per heavy atom. The van der Waals surface area contributed by atoms with Gasteiger partial charge in [0.05, 0.1) is 19.3 Å². The molecule has 0 saturated heterocycles. The van der Waals surface area contributed by atoms with Crippen LogP contribution in [-0.4, -0.2) is 30.4 Å². The summed E-state index contributed by atoms with van der Waals surface area (Å²) in [6.45, 7) is 5.72. The minimum Gasteiger partial charge on any atom is -0.496 e. The SMILES string of the molecule is CCC(CC)(CO)NC(=O)Nc1ccc(OC)c(C)c1. The van der Waals surface area contributed by atoms with Gasteiger partial charge in [-0.3, -0.25) is 0 Å². The first-order valence-electron chi connectivity index (χ1n) is 6.85. The Hall–Kier alpha value is -1.75. The number of nitrogens with one attached hydrogen (secondary N) is 2. The molecule has 5 heteroatoms. The van der Waals surface area contributed by atoms with Gasteiger partial charge in [-0.15, -0.1) is 0 Å². The number of anilines is 1. The van der Waals surface area contributed by atoms with Crippen LogP contribution in [0.4, 0.5) is 10.5 Å². The zero-order valence-corrected chi connectivity index (χ0v) is 12.6. The number of hydrogen-bond donors (Lipinski definition) is 3. The number of amides is 2. The average Bonchev–Trinajstić information content (AvgIpc) is 2.45. The molecule has 0 atom stereocenters. The van der Waals surface area contributed by atoms with Crippen LogP contribution in [0.15, 0.2) is 18.2 Å². The Balaban J connectivity index is 2.73. The van der Waals surface area contributed by atoms with E-state index < -0.39 is 5.54 Å². The van der Waals surface area contributed by atoms with Crippen LogP contribution in [0.25, 0.3) is 0 Å². The van der Waals surface area contributed by atoms with Crippen molar-refractivity contribution in [1.82, 2.24) is 5.32 Å². The van der Waals surface area contributed by atoms with Crippen LogP contribution < -0.4 is 15.4 Å². The third kappa shape index (κ3) is 3.87. The van der Waals surface area contributed by atoms with Crippen molar-refractivity contribution in [2.45, 2.75) is 39.2 Å². The number of hydrogen-bond acceptors (Lipinski definition) is 3. The number of aliphatic hydroxyl groups excluding tert-OH is 1. The highest BCUT2D eigenvalue weighted by Crippen LogP contribution is 2.21. The molecule has 1 rings (SSSR count). The second kappa shape index (κ2) is 7.14. The Morgan fingerprint density at radius 1 is 1.35 bits per heavy atom. The Labute approximate surface area is 120 Å². The Kier molecular flexibility index (Phi) is 5.82. The summed E-state index contributed by atoms with van der Waals surface area (Å²) >= 11 is 0. The fourth-order valence-electron chi connectivity index (χ4n) is 2.05. The lowest BCUT2D eigenvalue weighted by Gasteiger charge is -2.30. The van der Waals surface area contributed by atoms with Crippen molar-refractivity contribution in [3.8, 4) is 5.75 Å². The van der Waals surface area contributed by atoms with Crippen molar-refractivity contribution in [2.75, 3.05) is 19.0 Å². The molecule has 0 aliphatic carbocycles. The summed E-state index contributed by atoms with van der Waals surface area (Å²) in [6.07, 6.45) is 1.35. The molecule has 0 fully saturated rings. The number of aryl methyl sites for hydroxylation is 1. The second-order valence-corrected chi connectivity index (χ2v) is 4.91. The maximum atomic E-state index is 12.0. The molecule has 3 N–H and O–H groups in total. The third-order valence-corrected chi connectivity index (χ3v) is 3.69. The second-order valence-electron chi connectivity index (χ2n) is 4.91. The van der Waals surface area contributed by atoms with Gasteiger partial charge in [0.15, 0.2) is 0 Å². The van der Waals surface area contributed by atoms with Crippen LogP contribution in [0.2, 0.25) is 0 Å². The highest BCUT2D eigenvalue weighted by molar-refractivity contribution is 5.90. The normalized spacial score (nSPS) is 11.1. The monoisotopic (exact) mass is 280 g/mol. The molecule has 0 bridgehead atoms. The van der Waals surface area contributed by atoms with E-state index in [-0.39, 0.29) is 12.6 Å². The number of carbonyl (C=O) groups is 1. The molecular formula is C15H24N2O3. The maximum Gasteiger partial charge on any atom is 0.319 e. The first-order chi connectivity index (χ1) is 9.50. The van der Waals surface area contributed by atoms with Crippen LogP contribution in [0, 0.1) is 6.92 Å². The predicted octanol–water partition coefficient (Wildman–Crippen LogP) is 2.68. The fourth-order valence-corrected chi connectivity index (χ4v) is 2.05. The van der Waals surface area contributed by atoms with Crippen LogP contribution in [0.3, 0.4) is 0 Å². The third-order valence-electron chi connectivity index (χ3n) is 3.69. The van der Waals surface area contributed by atoms with Crippen molar-refractivity contribution >= 4 is 11.7 Å². The first-order valence-corrected chi connectivity index (χ1v) is 6.85. The van der Waals surface area contributed by atoms with E-state index in [1.807, 2.05) is 32.9 Å². The minimum atomic E-state index is -0.564. The summed E-state index contributed by atoms with van der Waals surface area (Å²) in [5.74, 6) is 0.780. The number of aliphatic hydroxyl groups is 1. The molecule has 0 aliphatic rings. The lowest BCUT2D eigenvalue weighted by Crippen LogP contribution is -2.52. The van der Waals surface area contributed by atoms with E-state index in [2.05, 4.69) is 10.6 Å². The molecule has 0 radical (unpaired) electrons. The van der Waals surface area contributed by atoms with Gasteiger partial charge < -0.3 is 20.5 Å². The predicted molar refractivity (Wildman–Crippen MR) is 80.3 cm³/mol. The molecule has 0 unspecified atom stereocenters. The topological polar surface area (TPSA) is 70.6 Å². The molecule has 0 spiro atoms. The molecule has 112 valence electrons. The largest absolute Gasteiger partial charge is 0.496 e. The van der Waals surface area contributed by atoms with Gasteiger partial charge in [0, 0.05) is 5.69 Å². The van der Waals surface area contributed by atoms with Crippen LogP contribution >= 0.6 is 0 Å². The highest BCUT2D eigenvalue weighted by atomic mass is 16.5. The molecule has 0 aromatic heterocycles. The van der Waals surface area contributed by atoms with E-state index in [9.17, 15) is 9.90 Å². The van der Waals surface area contributed by atoms with Crippen LogP contribution in [-0.2, 0) is 0 Å². The number of methoxy groups -OCH3 is 1. The van der Waals surface area contributed by atoms with E-state index in [0.29, 0.717) is 18.5 Å². The number of carbonyl (C=O) groups excluding carboxylic acids is 1. The molecule has 20 heavy (non-hydrogen) atoms. The van der Waals surface area contributed by atoms with Gasteiger partial charge in [0.25, 0.3) is 0 Å². The Morgan fingerprint density at radius 3 is 2.45 bits per heavy atom. The number of rotatable bonds is 6. The standard InChI is InChI=1S/C15H24N2O3/c1-5-15(6-2,10-18)17-14(19)16-12-7-8-13(20-4)11(3)9-12/h7-9,18H,5-6,10H2,1-4H3,(H2,16,17,19). The summed E-state index contributed by atoms with van der Waals surface area (Å²) in [7, 11) is 1.61. The van der Waals surface area contributed by atoms with Gasteiger partial charge in [0.2, 0.25) is 0 Å². The van der Waals surface area contributed by atoms with Crippen molar-refractivity contribution < 1.29 is 14.6 Å². The van der Waals surface area contributed by atoms with E-state index in [4.69, 9.17) is 4.74 Å². The maximum absolute atomic E-state index is 12.0. The summed E-state index contributed by atoms with van der Waals surface area (Å²) in [4.78, 5) is 12.0. The summed E-state index contributed by atoms with van der Waals surface area (Å²) in [6, 6.07) is 5.12. The van der Waals surface area contributed by atoms with E-state index in [0.717, 1.165) is 11.3 Å². The highest BCUT2D eigenvalue weighted by Gasteiger charge is 2.27. The lowest BCUT2D eigenvalue weighted by atomic mass is 9.94. The quantitative estimate of drug-likeness (QED) is 0.750. The molecule has 1 aromatic rings. The van der Waals surface area contributed by atoms with Gasteiger partial charge in [-0.05, 0) is 43.5 Å². The molecule has 0 aliphatic heterocycles. The number of ether oxygens (including phenoxy) is 1. The molecule has 0 saturated carbocycles. The summed E-state index contributed by atoms with van der Waals surface area (Å²) in [5.41, 5.74) is 1.08. The smallest absolute Gasteiger partial charge is 0.319 e. The van der Waals surface area contributed by atoms with E-state index >= 15 is 0 Å². The number of urea groups is 1.